The predicted molar refractivity (Wildman–Crippen MR) is 112 cm³/mol. The van der Waals surface area contributed by atoms with Gasteiger partial charge in [-0.05, 0) is 31.0 Å². The van der Waals surface area contributed by atoms with Gasteiger partial charge in [-0.25, -0.2) is 4.98 Å². The molecule has 2 aromatic heterocycles. The number of hydrogen-bond donors (Lipinski definition) is 3. The van der Waals surface area contributed by atoms with Crippen molar-refractivity contribution in [3.8, 4) is 5.75 Å². The number of thiazole rings is 1. The molecule has 3 N–H and O–H groups in total. The molecule has 30 heavy (non-hydrogen) atoms. The molecule has 0 radical (unpaired) electrons. The number of amides is 2. The first kappa shape index (κ1) is 21.3. The molecule has 0 atom stereocenters. The molecule has 2 heterocycles. The summed E-state index contributed by atoms with van der Waals surface area (Å²) in [6.45, 7) is 0.420. The number of anilines is 1. The lowest BCUT2D eigenvalue weighted by Crippen LogP contribution is -2.25. The summed E-state index contributed by atoms with van der Waals surface area (Å²) in [5.74, 6) is -1.14. The van der Waals surface area contributed by atoms with Crippen molar-refractivity contribution in [2.24, 2.45) is 0 Å². The molecule has 0 saturated heterocycles. The quantitative estimate of drug-likeness (QED) is 0.425. The van der Waals surface area contributed by atoms with Gasteiger partial charge in [-0.15, -0.1) is 11.3 Å². The Kier molecular flexibility index (Phi) is 7.02. The Hall–Kier alpha value is -3.40. The van der Waals surface area contributed by atoms with Crippen LogP contribution in [0.15, 0.2) is 36.0 Å². The lowest BCUT2D eigenvalue weighted by molar-refractivity contribution is -0.137. The fourth-order valence-electron chi connectivity index (χ4n) is 2.87. The van der Waals surface area contributed by atoms with Crippen molar-refractivity contribution in [2.45, 2.75) is 25.7 Å². The Morgan fingerprint density at radius 3 is 2.77 bits per heavy atom. The van der Waals surface area contributed by atoms with Crippen LogP contribution >= 0.6 is 11.3 Å². The van der Waals surface area contributed by atoms with Gasteiger partial charge in [0.05, 0.1) is 12.7 Å². The molecule has 0 saturated carbocycles. The molecular formula is C20H22N4O5S. The first-order chi connectivity index (χ1) is 14.5. The van der Waals surface area contributed by atoms with Crippen molar-refractivity contribution in [3.63, 3.8) is 0 Å². The normalized spacial score (nSPS) is 10.7. The highest BCUT2D eigenvalue weighted by Crippen LogP contribution is 2.23. The fraction of sp³-hybridized carbons (Fsp3) is 0.300. The molecule has 10 heteroatoms. The fourth-order valence-corrected chi connectivity index (χ4v) is 3.57. The van der Waals surface area contributed by atoms with E-state index in [0.29, 0.717) is 42.8 Å². The highest BCUT2D eigenvalue weighted by molar-refractivity contribution is 7.15. The van der Waals surface area contributed by atoms with Crippen molar-refractivity contribution in [1.82, 2.24) is 14.7 Å². The van der Waals surface area contributed by atoms with Gasteiger partial charge in [0, 0.05) is 36.4 Å². The van der Waals surface area contributed by atoms with Crippen molar-refractivity contribution >= 4 is 39.8 Å². The third kappa shape index (κ3) is 5.35. The summed E-state index contributed by atoms with van der Waals surface area (Å²) < 4.78 is 7.03. The van der Waals surface area contributed by atoms with E-state index in [0.717, 1.165) is 4.96 Å². The number of methoxy groups -OCH3 is 1. The molecule has 158 valence electrons. The van der Waals surface area contributed by atoms with Gasteiger partial charge < -0.3 is 20.5 Å². The van der Waals surface area contributed by atoms with Gasteiger partial charge in [0.2, 0.25) is 0 Å². The van der Waals surface area contributed by atoms with E-state index in [1.807, 2.05) is 11.6 Å². The zero-order valence-corrected chi connectivity index (χ0v) is 17.2. The molecule has 9 nitrogen and oxygen atoms in total. The van der Waals surface area contributed by atoms with Gasteiger partial charge in [-0.3, -0.25) is 18.8 Å². The minimum Gasteiger partial charge on any atom is -0.496 e. The second-order valence-electron chi connectivity index (χ2n) is 6.55. The van der Waals surface area contributed by atoms with Crippen LogP contribution in [0.25, 0.3) is 4.96 Å². The van der Waals surface area contributed by atoms with Crippen molar-refractivity contribution < 1.29 is 24.2 Å². The summed E-state index contributed by atoms with van der Waals surface area (Å²) in [7, 11) is 1.47. The molecular weight excluding hydrogens is 408 g/mol. The molecule has 0 aliphatic heterocycles. The lowest BCUT2D eigenvalue weighted by atomic mass is 10.1. The molecule has 2 amide bonds. The number of carbonyl (C=O) groups is 3. The van der Waals surface area contributed by atoms with Crippen LogP contribution in [0.5, 0.6) is 5.75 Å². The Labute approximate surface area is 176 Å². The van der Waals surface area contributed by atoms with Crippen molar-refractivity contribution in [3.05, 3.63) is 47.2 Å². The topological polar surface area (TPSA) is 122 Å². The van der Waals surface area contributed by atoms with E-state index in [4.69, 9.17) is 9.84 Å². The number of hydrogen-bond acceptors (Lipinski definition) is 6. The standard InChI is InChI=1S/C20H22N4O5S/c1-29-16-7-6-13(22-19(28)15-12-24-9-10-30-20(24)23-15)11-14(16)18(27)21-8-4-2-3-5-17(25)26/h6-7,9-12H,2-5,8H2,1H3,(H,21,27)(H,22,28)(H,25,26). The monoisotopic (exact) mass is 430 g/mol. The number of nitrogens with zero attached hydrogens (tertiary/aromatic N) is 2. The minimum atomic E-state index is -0.821. The number of carboxylic acid groups (broad SMARTS) is 1. The van der Waals surface area contributed by atoms with Crippen LogP contribution in [0.3, 0.4) is 0 Å². The Morgan fingerprint density at radius 1 is 1.20 bits per heavy atom. The van der Waals surface area contributed by atoms with Crippen LogP contribution in [-0.4, -0.2) is 45.9 Å². The van der Waals surface area contributed by atoms with Gasteiger partial charge in [0.25, 0.3) is 11.8 Å². The molecule has 0 fully saturated rings. The van der Waals surface area contributed by atoms with Crippen molar-refractivity contribution in [2.75, 3.05) is 19.0 Å². The SMILES string of the molecule is COc1ccc(NC(=O)c2cn3ccsc3n2)cc1C(=O)NCCCCCC(=O)O. The molecule has 3 rings (SSSR count). The summed E-state index contributed by atoms with van der Waals surface area (Å²) in [5, 5.41) is 16.1. The van der Waals surface area contributed by atoms with E-state index in [-0.39, 0.29) is 23.9 Å². The van der Waals surface area contributed by atoms with Crippen LogP contribution in [0.2, 0.25) is 0 Å². The van der Waals surface area contributed by atoms with E-state index in [2.05, 4.69) is 15.6 Å². The van der Waals surface area contributed by atoms with E-state index >= 15 is 0 Å². The van der Waals surface area contributed by atoms with Gasteiger partial charge in [0.1, 0.15) is 11.4 Å². The van der Waals surface area contributed by atoms with E-state index in [1.54, 1.807) is 28.8 Å². The number of imidazole rings is 1. The Bertz CT molecular complexity index is 1030. The number of aliphatic carboxylic acids is 1. The van der Waals surface area contributed by atoms with Gasteiger partial charge in [-0.1, -0.05) is 6.42 Å². The van der Waals surface area contributed by atoms with Crippen molar-refractivity contribution in [1.29, 1.82) is 0 Å². The Morgan fingerprint density at radius 2 is 2.03 bits per heavy atom. The minimum absolute atomic E-state index is 0.123. The number of ether oxygens (including phenoxy) is 1. The molecule has 0 aliphatic rings. The second-order valence-corrected chi connectivity index (χ2v) is 7.42. The number of carbonyl (C=O) groups excluding carboxylic acids is 2. The summed E-state index contributed by atoms with van der Waals surface area (Å²) in [6, 6.07) is 4.82. The van der Waals surface area contributed by atoms with E-state index in [9.17, 15) is 14.4 Å². The number of aromatic nitrogens is 2. The average Bonchev–Trinajstić information content (AvgIpc) is 3.32. The predicted octanol–water partition coefficient (Wildman–Crippen LogP) is 3.03. The zero-order chi connectivity index (χ0) is 21.5. The third-order valence-electron chi connectivity index (χ3n) is 4.38. The zero-order valence-electron chi connectivity index (χ0n) is 16.4. The van der Waals surface area contributed by atoms with Crippen LogP contribution in [0.4, 0.5) is 5.69 Å². The molecule has 0 aliphatic carbocycles. The van der Waals surface area contributed by atoms with Gasteiger partial charge in [-0.2, -0.15) is 0 Å². The average molecular weight is 430 g/mol. The number of unbranched alkanes of at least 4 members (excludes halogenated alkanes) is 2. The van der Waals surface area contributed by atoms with E-state index < -0.39 is 5.97 Å². The van der Waals surface area contributed by atoms with Gasteiger partial charge >= 0.3 is 5.97 Å². The van der Waals surface area contributed by atoms with Crippen LogP contribution in [-0.2, 0) is 4.79 Å². The summed E-state index contributed by atoms with van der Waals surface area (Å²) >= 11 is 1.43. The molecule has 0 unspecified atom stereocenters. The maximum absolute atomic E-state index is 12.5. The Balaban J connectivity index is 1.61. The molecule has 0 spiro atoms. The smallest absolute Gasteiger partial charge is 0.303 e. The summed E-state index contributed by atoms with van der Waals surface area (Å²) in [6.07, 6.45) is 5.54. The summed E-state index contributed by atoms with van der Waals surface area (Å²) in [4.78, 5) is 40.5. The highest BCUT2D eigenvalue weighted by Gasteiger charge is 2.16. The molecule has 3 aromatic rings. The number of rotatable bonds is 10. The van der Waals surface area contributed by atoms with Crippen LogP contribution < -0.4 is 15.4 Å². The maximum Gasteiger partial charge on any atom is 0.303 e. The molecule has 1 aromatic carbocycles. The largest absolute Gasteiger partial charge is 0.496 e. The lowest BCUT2D eigenvalue weighted by Gasteiger charge is -2.12. The first-order valence-corrected chi connectivity index (χ1v) is 10.3. The number of carboxylic acids is 1. The number of fused-ring (bicyclic) bond motifs is 1. The number of benzene rings is 1. The van der Waals surface area contributed by atoms with Gasteiger partial charge in [0.15, 0.2) is 4.96 Å². The number of nitrogens with one attached hydrogen (secondary N) is 2. The third-order valence-corrected chi connectivity index (χ3v) is 5.15. The maximum atomic E-state index is 12.5. The second kappa shape index (κ2) is 9.88. The summed E-state index contributed by atoms with van der Waals surface area (Å²) in [5.41, 5.74) is 1.03. The highest BCUT2D eigenvalue weighted by atomic mass is 32.1. The first-order valence-electron chi connectivity index (χ1n) is 9.39. The molecule has 0 bridgehead atoms. The van der Waals surface area contributed by atoms with Crippen LogP contribution in [0.1, 0.15) is 46.5 Å². The van der Waals surface area contributed by atoms with Crippen LogP contribution in [0, 0.1) is 0 Å². The van der Waals surface area contributed by atoms with E-state index in [1.165, 1.54) is 18.4 Å².